The Morgan fingerprint density at radius 1 is 1.00 bits per heavy atom. The van der Waals surface area contributed by atoms with Crippen molar-refractivity contribution in [1.29, 1.82) is 0 Å². The first-order valence-electron chi connectivity index (χ1n) is 12.0. The van der Waals surface area contributed by atoms with Crippen molar-refractivity contribution in [2.24, 2.45) is 0 Å². The van der Waals surface area contributed by atoms with E-state index in [0.29, 0.717) is 23.0 Å². The zero-order valence-corrected chi connectivity index (χ0v) is 23.6. The molecule has 0 bridgehead atoms. The van der Waals surface area contributed by atoms with Crippen LogP contribution in [0.25, 0.3) is 16.8 Å². The maximum absolute atomic E-state index is 12.6. The molecule has 1 aliphatic rings. The Labute approximate surface area is 234 Å². The Morgan fingerprint density at radius 2 is 1.76 bits per heavy atom. The number of rotatable bonds is 8. The Morgan fingerprint density at radius 3 is 2.51 bits per heavy atom. The summed E-state index contributed by atoms with van der Waals surface area (Å²) in [6.07, 6.45) is 2.89. The molecule has 0 aliphatic carbocycles. The van der Waals surface area contributed by atoms with Crippen LogP contribution in [0.1, 0.15) is 23.6 Å². The van der Waals surface area contributed by atoms with Crippen LogP contribution in [0, 0.1) is 3.57 Å². The SMILES string of the molecule is CCc1ccc(N[C@H]2NC(=O)/C(=C/c3cc(I)c(OCc4ccc5ccccc5c4)c(OC)c3)S2)cc1. The summed E-state index contributed by atoms with van der Waals surface area (Å²) in [5.41, 5.74) is 3.99. The standard InChI is InChI=1S/C30H27IN2O3S/c1-3-19-9-12-24(13-10-19)32-30-33-29(34)27(37-30)17-21-15-25(31)28(26(16-21)35-2)36-18-20-8-11-22-6-4-5-7-23(22)14-20/h4-17,30,32H,3,18H2,1-2H3,(H,33,34)/b27-17-/t30-/m0/s1. The lowest BCUT2D eigenvalue weighted by atomic mass is 10.1. The Kier molecular flexibility index (Phi) is 7.90. The molecular formula is C30H27IN2O3S. The molecule has 1 saturated heterocycles. The molecule has 37 heavy (non-hydrogen) atoms. The number of carbonyl (C=O) groups excluding carboxylic acids is 1. The number of amides is 1. The normalized spacial score (nSPS) is 16.1. The van der Waals surface area contributed by atoms with Gasteiger partial charge >= 0.3 is 0 Å². The number of thioether (sulfide) groups is 1. The predicted molar refractivity (Wildman–Crippen MR) is 161 cm³/mol. The number of anilines is 1. The molecule has 1 fully saturated rings. The molecule has 0 aromatic heterocycles. The minimum Gasteiger partial charge on any atom is -0.493 e. The molecule has 1 aliphatic heterocycles. The second-order valence-electron chi connectivity index (χ2n) is 8.68. The van der Waals surface area contributed by atoms with Crippen LogP contribution in [-0.2, 0) is 17.8 Å². The minimum absolute atomic E-state index is 0.0988. The monoisotopic (exact) mass is 622 g/mol. The van der Waals surface area contributed by atoms with Crippen molar-refractivity contribution < 1.29 is 14.3 Å². The summed E-state index contributed by atoms with van der Waals surface area (Å²) >= 11 is 3.72. The Balaban J connectivity index is 1.29. The van der Waals surface area contributed by atoms with E-state index in [1.54, 1.807) is 7.11 Å². The maximum Gasteiger partial charge on any atom is 0.260 e. The molecule has 7 heteroatoms. The third-order valence-corrected chi connectivity index (χ3v) is 7.97. The average Bonchev–Trinajstić information content (AvgIpc) is 3.26. The third kappa shape index (κ3) is 6.05. The number of methoxy groups -OCH3 is 1. The summed E-state index contributed by atoms with van der Waals surface area (Å²) in [6.45, 7) is 2.56. The maximum atomic E-state index is 12.6. The lowest BCUT2D eigenvalue weighted by Crippen LogP contribution is -2.30. The van der Waals surface area contributed by atoms with Crippen LogP contribution >= 0.6 is 34.4 Å². The highest BCUT2D eigenvalue weighted by atomic mass is 127. The van der Waals surface area contributed by atoms with Crippen LogP contribution in [0.2, 0.25) is 0 Å². The van der Waals surface area contributed by atoms with Crippen molar-refractivity contribution >= 4 is 62.8 Å². The van der Waals surface area contributed by atoms with Crippen LogP contribution in [-0.4, -0.2) is 18.5 Å². The van der Waals surface area contributed by atoms with Gasteiger partial charge in [0.2, 0.25) is 0 Å². The average molecular weight is 623 g/mol. The summed E-state index contributed by atoms with van der Waals surface area (Å²) < 4.78 is 12.8. The highest BCUT2D eigenvalue weighted by Crippen LogP contribution is 2.37. The number of fused-ring (bicyclic) bond motifs is 1. The second-order valence-corrected chi connectivity index (χ2v) is 11.0. The van der Waals surface area contributed by atoms with Gasteiger partial charge in [-0.25, -0.2) is 0 Å². The topological polar surface area (TPSA) is 59.6 Å². The number of benzene rings is 4. The first-order chi connectivity index (χ1) is 18.0. The summed E-state index contributed by atoms with van der Waals surface area (Å²) in [5, 5.41) is 8.75. The van der Waals surface area contributed by atoms with Gasteiger partial charge in [0, 0.05) is 5.69 Å². The van der Waals surface area contributed by atoms with Crippen LogP contribution < -0.4 is 20.1 Å². The Bertz CT molecular complexity index is 1470. The van der Waals surface area contributed by atoms with Gasteiger partial charge in [-0.3, -0.25) is 4.79 Å². The van der Waals surface area contributed by atoms with Gasteiger partial charge in [0.25, 0.3) is 5.91 Å². The lowest BCUT2D eigenvalue weighted by Gasteiger charge is -2.14. The fourth-order valence-electron chi connectivity index (χ4n) is 4.15. The molecule has 5 rings (SSSR count). The molecule has 4 aromatic rings. The van der Waals surface area contributed by atoms with Crippen molar-refractivity contribution in [1.82, 2.24) is 5.32 Å². The number of hydrogen-bond donors (Lipinski definition) is 2. The summed E-state index contributed by atoms with van der Waals surface area (Å²) in [5.74, 6) is 1.23. The smallest absolute Gasteiger partial charge is 0.260 e. The molecule has 0 saturated carbocycles. The van der Waals surface area contributed by atoms with Crippen molar-refractivity contribution in [2.45, 2.75) is 25.4 Å². The van der Waals surface area contributed by atoms with Gasteiger partial charge in [0.15, 0.2) is 17.0 Å². The van der Waals surface area contributed by atoms with Crippen molar-refractivity contribution in [3.8, 4) is 11.5 Å². The zero-order chi connectivity index (χ0) is 25.8. The number of nitrogens with one attached hydrogen (secondary N) is 2. The quantitative estimate of drug-likeness (QED) is 0.161. The van der Waals surface area contributed by atoms with E-state index in [-0.39, 0.29) is 11.4 Å². The van der Waals surface area contributed by atoms with E-state index in [9.17, 15) is 4.79 Å². The van der Waals surface area contributed by atoms with E-state index >= 15 is 0 Å². The summed E-state index contributed by atoms with van der Waals surface area (Å²) in [4.78, 5) is 13.3. The van der Waals surface area contributed by atoms with E-state index in [4.69, 9.17) is 9.47 Å². The molecule has 188 valence electrons. The van der Waals surface area contributed by atoms with E-state index < -0.39 is 0 Å². The zero-order valence-electron chi connectivity index (χ0n) is 20.6. The van der Waals surface area contributed by atoms with E-state index in [0.717, 1.165) is 26.8 Å². The predicted octanol–water partition coefficient (Wildman–Crippen LogP) is 7.19. The Hall–Kier alpha value is -3.17. The molecule has 0 radical (unpaired) electrons. The minimum atomic E-state index is -0.225. The van der Waals surface area contributed by atoms with Gasteiger partial charge in [-0.15, -0.1) is 0 Å². The fourth-order valence-corrected chi connectivity index (χ4v) is 5.92. The summed E-state index contributed by atoms with van der Waals surface area (Å²) in [7, 11) is 1.63. The number of halogens is 1. The van der Waals surface area contributed by atoms with Gasteiger partial charge in [0.05, 0.1) is 15.6 Å². The number of aryl methyl sites for hydroxylation is 1. The fraction of sp³-hybridized carbons (Fsp3) is 0.167. The molecule has 2 N–H and O–H groups in total. The molecule has 1 atom stereocenters. The van der Waals surface area contributed by atoms with E-state index in [1.807, 2.05) is 42.5 Å². The molecule has 0 unspecified atom stereocenters. The van der Waals surface area contributed by atoms with Crippen molar-refractivity contribution in [3.63, 3.8) is 0 Å². The number of hydrogen-bond acceptors (Lipinski definition) is 5. The van der Waals surface area contributed by atoms with Crippen molar-refractivity contribution in [2.75, 3.05) is 12.4 Å². The molecule has 1 amide bonds. The highest BCUT2D eigenvalue weighted by molar-refractivity contribution is 14.1. The van der Waals surface area contributed by atoms with E-state index in [1.165, 1.54) is 28.1 Å². The highest BCUT2D eigenvalue weighted by Gasteiger charge is 2.27. The van der Waals surface area contributed by atoms with Gasteiger partial charge in [-0.05, 0) is 92.9 Å². The van der Waals surface area contributed by atoms with Crippen LogP contribution in [0.3, 0.4) is 0 Å². The molecular weight excluding hydrogens is 595 g/mol. The van der Waals surface area contributed by atoms with Gasteiger partial charge in [-0.2, -0.15) is 0 Å². The van der Waals surface area contributed by atoms with Gasteiger partial charge in [-0.1, -0.05) is 67.2 Å². The first kappa shape index (κ1) is 25.5. The van der Waals surface area contributed by atoms with Crippen molar-refractivity contribution in [3.05, 3.63) is 104 Å². The van der Waals surface area contributed by atoms with Gasteiger partial charge in [0.1, 0.15) is 6.61 Å². The largest absolute Gasteiger partial charge is 0.493 e. The number of carbonyl (C=O) groups is 1. The lowest BCUT2D eigenvalue weighted by molar-refractivity contribution is -0.116. The second kappa shape index (κ2) is 11.5. The molecule has 1 heterocycles. The van der Waals surface area contributed by atoms with Crippen LogP contribution in [0.5, 0.6) is 11.5 Å². The first-order valence-corrected chi connectivity index (χ1v) is 14.0. The summed E-state index contributed by atoms with van der Waals surface area (Å²) in [6, 6.07) is 26.8. The number of ether oxygens (including phenoxy) is 2. The molecule has 5 nitrogen and oxygen atoms in total. The van der Waals surface area contributed by atoms with Crippen LogP contribution in [0.15, 0.2) is 83.8 Å². The molecule has 4 aromatic carbocycles. The van der Waals surface area contributed by atoms with Crippen LogP contribution in [0.4, 0.5) is 5.69 Å². The van der Waals surface area contributed by atoms with E-state index in [2.05, 4.69) is 82.6 Å². The third-order valence-electron chi connectivity index (χ3n) is 6.14. The van der Waals surface area contributed by atoms with Gasteiger partial charge < -0.3 is 20.1 Å². The molecule has 0 spiro atoms.